The molecule has 0 saturated carbocycles. The van der Waals surface area contributed by atoms with Crippen LogP contribution in [0.3, 0.4) is 0 Å². The number of carbonyl (C=O) groups is 2. The van der Waals surface area contributed by atoms with E-state index in [1.54, 1.807) is 38.1 Å². The highest BCUT2D eigenvalue weighted by atomic mass is 16.5. The summed E-state index contributed by atoms with van der Waals surface area (Å²) in [5, 5.41) is 6.34. The van der Waals surface area contributed by atoms with Crippen molar-refractivity contribution in [3.05, 3.63) is 46.8 Å². The first-order valence-electron chi connectivity index (χ1n) is 5.96. The molecule has 6 heteroatoms. The number of ether oxygens (including phenoxy) is 1. The van der Waals surface area contributed by atoms with Crippen molar-refractivity contribution in [3.8, 4) is 0 Å². The number of methoxy groups -OCH3 is 1. The molecule has 104 valence electrons. The van der Waals surface area contributed by atoms with E-state index in [1.165, 1.54) is 7.11 Å². The zero-order valence-corrected chi connectivity index (χ0v) is 11.4. The van der Waals surface area contributed by atoms with E-state index in [0.29, 0.717) is 17.0 Å². The van der Waals surface area contributed by atoms with Crippen molar-refractivity contribution in [3.63, 3.8) is 0 Å². The van der Waals surface area contributed by atoms with Crippen molar-refractivity contribution in [2.45, 2.75) is 13.8 Å². The van der Waals surface area contributed by atoms with E-state index in [9.17, 15) is 9.59 Å². The van der Waals surface area contributed by atoms with Gasteiger partial charge in [-0.1, -0.05) is 17.3 Å². The molecule has 1 amide bonds. The fourth-order valence-electron chi connectivity index (χ4n) is 1.69. The first-order chi connectivity index (χ1) is 9.54. The monoisotopic (exact) mass is 274 g/mol. The van der Waals surface area contributed by atoms with Crippen molar-refractivity contribution < 1.29 is 18.8 Å². The van der Waals surface area contributed by atoms with Crippen molar-refractivity contribution in [2.75, 3.05) is 12.4 Å². The van der Waals surface area contributed by atoms with Gasteiger partial charge in [0.25, 0.3) is 5.91 Å². The summed E-state index contributed by atoms with van der Waals surface area (Å²) < 4.78 is 9.62. The maximum Gasteiger partial charge on any atom is 0.339 e. The van der Waals surface area contributed by atoms with E-state index < -0.39 is 11.9 Å². The van der Waals surface area contributed by atoms with E-state index in [2.05, 4.69) is 15.2 Å². The third-order valence-corrected chi connectivity index (χ3v) is 2.95. The van der Waals surface area contributed by atoms with E-state index in [-0.39, 0.29) is 11.3 Å². The molecule has 6 nitrogen and oxygen atoms in total. The van der Waals surface area contributed by atoms with Crippen LogP contribution >= 0.6 is 0 Å². The van der Waals surface area contributed by atoms with Crippen LogP contribution in [-0.2, 0) is 4.74 Å². The van der Waals surface area contributed by atoms with Crippen molar-refractivity contribution in [2.24, 2.45) is 0 Å². The molecule has 0 bridgehead atoms. The number of carbonyl (C=O) groups excluding carboxylic acids is 2. The van der Waals surface area contributed by atoms with Gasteiger partial charge in [0.05, 0.1) is 18.4 Å². The van der Waals surface area contributed by atoms with Gasteiger partial charge in [0.1, 0.15) is 5.76 Å². The van der Waals surface area contributed by atoms with Crippen LogP contribution in [0.5, 0.6) is 0 Å². The molecular formula is C14H14N2O4. The number of anilines is 1. The summed E-state index contributed by atoms with van der Waals surface area (Å²) in [5.41, 5.74) is 1.51. The van der Waals surface area contributed by atoms with Crippen molar-refractivity contribution in [1.29, 1.82) is 0 Å². The lowest BCUT2D eigenvalue weighted by atomic mass is 10.1. The summed E-state index contributed by atoms with van der Waals surface area (Å²) in [5.74, 6) is -0.374. The van der Waals surface area contributed by atoms with Gasteiger partial charge in [0.2, 0.25) is 0 Å². The third kappa shape index (κ3) is 2.54. The van der Waals surface area contributed by atoms with Crippen LogP contribution in [0.1, 0.15) is 32.2 Å². The molecule has 0 saturated heterocycles. The zero-order valence-electron chi connectivity index (χ0n) is 11.4. The number of hydrogen-bond donors (Lipinski definition) is 1. The summed E-state index contributed by atoms with van der Waals surface area (Å²) in [4.78, 5) is 23.7. The minimum Gasteiger partial charge on any atom is -0.465 e. The second kappa shape index (κ2) is 5.56. The fourth-order valence-corrected chi connectivity index (χ4v) is 1.69. The third-order valence-electron chi connectivity index (χ3n) is 2.95. The Morgan fingerprint density at radius 2 is 1.95 bits per heavy atom. The second-order valence-electron chi connectivity index (χ2n) is 4.20. The largest absolute Gasteiger partial charge is 0.465 e. The molecule has 0 aliphatic carbocycles. The summed E-state index contributed by atoms with van der Waals surface area (Å²) in [6, 6.07) is 6.59. The van der Waals surface area contributed by atoms with Crippen molar-refractivity contribution >= 4 is 17.6 Å². The van der Waals surface area contributed by atoms with Crippen LogP contribution < -0.4 is 5.32 Å². The molecule has 0 spiro atoms. The topological polar surface area (TPSA) is 81.4 Å². The molecule has 2 aromatic rings. The molecule has 0 unspecified atom stereocenters. The Morgan fingerprint density at radius 3 is 2.55 bits per heavy atom. The SMILES string of the molecule is COC(=O)c1ccccc1NC(=O)c1noc(C)c1C. The summed E-state index contributed by atoms with van der Waals surface area (Å²) in [7, 11) is 1.28. The molecule has 0 aliphatic rings. The standard InChI is InChI=1S/C14H14N2O4/c1-8-9(2)20-16-12(8)13(17)15-11-7-5-4-6-10(11)14(18)19-3/h4-7H,1-3H3,(H,15,17). The van der Waals surface area contributed by atoms with Crippen LogP contribution in [0.25, 0.3) is 0 Å². The summed E-state index contributed by atoms with van der Waals surface area (Å²) in [6.07, 6.45) is 0. The quantitative estimate of drug-likeness (QED) is 0.869. The van der Waals surface area contributed by atoms with Gasteiger partial charge in [-0.25, -0.2) is 4.79 Å². The normalized spacial score (nSPS) is 10.2. The molecule has 1 heterocycles. The van der Waals surface area contributed by atoms with Gasteiger partial charge in [-0.2, -0.15) is 0 Å². The lowest BCUT2D eigenvalue weighted by Gasteiger charge is -2.08. The molecule has 0 fully saturated rings. The molecule has 0 radical (unpaired) electrons. The Morgan fingerprint density at radius 1 is 1.25 bits per heavy atom. The van der Waals surface area contributed by atoms with Gasteiger partial charge < -0.3 is 14.6 Å². The minimum absolute atomic E-state index is 0.196. The van der Waals surface area contributed by atoms with Crippen molar-refractivity contribution in [1.82, 2.24) is 5.16 Å². The van der Waals surface area contributed by atoms with Crippen LogP contribution in [0.15, 0.2) is 28.8 Å². The second-order valence-corrected chi connectivity index (χ2v) is 4.20. The lowest BCUT2D eigenvalue weighted by molar-refractivity contribution is 0.0602. The predicted octanol–water partition coefficient (Wildman–Crippen LogP) is 2.33. The Balaban J connectivity index is 2.29. The smallest absolute Gasteiger partial charge is 0.339 e. The molecule has 1 aromatic carbocycles. The number of amides is 1. The average Bonchev–Trinajstić information content (AvgIpc) is 2.79. The molecule has 1 N–H and O–H groups in total. The van der Waals surface area contributed by atoms with Gasteiger partial charge in [-0.15, -0.1) is 0 Å². The molecule has 2 rings (SSSR count). The Labute approximate surface area is 115 Å². The van der Waals surface area contributed by atoms with E-state index >= 15 is 0 Å². The molecule has 0 aliphatic heterocycles. The van der Waals surface area contributed by atoms with Crippen LogP contribution in [-0.4, -0.2) is 24.1 Å². The number of rotatable bonds is 3. The van der Waals surface area contributed by atoms with E-state index in [1.807, 2.05) is 0 Å². The number of hydrogen-bond acceptors (Lipinski definition) is 5. The lowest BCUT2D eigenvalue weighted by Crippen LogP contribution is -2.16. The van der Waals surface area contributed by atoms with Gasteiger partial charge in [-0.05, 0) is 26.0 Å². The van der Waals surface area contributed by atoms with Gasteiger partial charge in [-0.3, -0.25) is 4.79 Å². The maximum absolute atomic E-state index is 12.1. The number of benzene rings is 1. The minimum atomic E-state index is -0.519. The fraction of sp³-hybridized carbons (Fsp3) is 0.214. The highest BCUT2D eigenvalue weighted by Crippen LogP contribution is 2.18. The first kappa shape index (κ1) is 13.8. The number of para-hydroxylation sites is 1. The number of aryl methyl sites for hydroxylation is 1. The Bertz CT molecular complexity index is 661. The first-order valence-corrected chi connectivity index (χ1v) is 5.96. The van der Waals surface area contributed by atoms with Gasteiger partial charge in [0, 0.05) is 5.56 Å². The number of nitrogens with zero attached hydrogens (tertiary/aromatic N) is 1. The summed E-state index contributed by atoms with van der Waals surface area (Å²) in [6.45, 7) is 3.47. The Hall–Kier alpha value is -2.63. The molecular weight excluding hydrogens is 260 g/mol. The van der Waals surface area contributed by atoms with Gasteiger partial charge >= 0.3 is 5.97 Å². The van der Waals surface area contributed by atoms with Gasteiger partial charge in [0.15, 0.2) is 5.69 Å². The number of nitrogens with one attached hydrogen (secondary N) is 1. The molecule has 0 atom stereocenters. The highest BCUT2D eigenvalue weighted by Gasteiger charge is 2.19. The van der Waals surface area contributed by atoms with E-state index in [0.717, 1.165) is 0 Å². The number of aromatic nitrogens is 1. The zero-order chi connectivity index (χ0) is 14.7. The van der Waals surface area contributed by atoms with Crippen LogP contribution in [0.4, 0.5) is 5.69 Å². The molecule has 20 heavy (non-hydrogen) atoms. The highest BCUT2D eigenvalue weighted by molar-refractivity contribution is 6.07. The van der Waals surface area contributed by atoms with Crippen LogP contribution in [0, 0.1) is 13.8 Å². The number of esters is 1. The molecule has 1 aromatic heterocycles. The predicted molar refractivity (Wildman–Crippen MR) is 71.7 cm³/mol. The van der Waals surface area contributed by atoms with Crippen LogP contribution in [0.2, 0.25) is 0 Å². The average molecular weight is 274 g/mol. The maximum atomic E-state index is 12.1. The summed E-state index contributed by atoms with van der Waals surface area (Å²) >= 11 is 0. The van der Waals surface area contributed by atoms with E-state index in [4.69, 9.17) is 4.52 Å². The Kier molecular flexibility index (Phi) is 3.84.